The summed E-state index contributed by atoms with van der Waals surface area (Å²) in [7, 11) is 0. The second-order valence-electron chi connectivity index (χ2n) is 7.44. The average Bonchev–Trinajstić information content (AvgIpc) is 3.41. The van der Waals surface area contributed by atoms with E-state index in [0.717, 1.165) is 57.9 Å². The largest absolute Gasteiger partial charge is 0.379 e. The summed E-state index contributed by atoms with van der Waals surface area (Å²) in [5.41, 5.74) is 1.30. The van der Waals surface area contributed by atoms with Crippen LogP contribution >= 0.6 is 11.3 Å². The smallest absolute Gasteiger partial charge is 0.224 e. The topological polar surface area (TPSA) is 75.2 Å². The first-order valence-corrected chi connectivity index (χ1v) is 11.7. The Kier molecular flexibility index (Phi) is 9.24. The Balaban J connectivity index is 1.30. The van der Waals surface area contributed by atoms with Crippen LogP contribution in [0.2, 0.25) is 0 Å². The van der Waals surface area contributed by atoms with E-state index in [-0.39, 0.29) is 12.0 Å². The van der Waals surface area contributed by atoms with E-state index < -0.39 is 0 Å². The van der Waals surface area contributed by atoms with Gasteiger partial charge in [-0.3, -0.25) is 9.79 Å². The highest BCUT2D eigenvalue weighted by molar-refractivity contribution is 7.10. The molecular weight excluding hydrogens is 388 g/mol. The van der Waals surface area contributed by atoms with Crippen molar-refractivity contribution in [1.82, 2.24) is 15.5 Å². The quantitative estimate of drug-likeness (QED) is 0.343. The lowest BCUT2D eigenvalue weighted by molar-refractivity contribution is -0.131. The van der Waals surface area contributed by atoms with Gasteiger partial charge in [-0.2, -0.15) is 0 Å². The van der Waals surface area contributed by atoms with Gasteiger partial charge in [-0.25, -0.2) is 0 Å². The summed E-state index contributed by atoms with van der Waals surface area (Å²) in [6.45, 7) is 7.94. The van der Waals surface area contributed by atoms with Crippen LogP contribution in [0.15, 0.2) is 16.4 Å². The first-order valence-electron chi connectivity index (χ1n) is 10.8. The molecule has 1 amide bonds. The van der Waals surface area contributed by atoms with Gasteiger partial charge in [0.2, 0.25) is 5.91 Å². The number of rotatable bonds is 10. The molecule has 1 fully saturated rings. The molecule has 2 aliphatic rings. The van der Waals surface area contributed by atoms with Crippen LogP contribution in [0.5, 0.6) is 0 Å². The van der Waals surface area contributed by atoms with Gasteiger partial charge < -0.3 is 25.0 Å². The zero-order chi connectivity index (χ0) is 20.3. The summed E-state index contributed by atoms with van der Waals surface area (Å²) in [5, 5.41) is 8.63. The molecule has 1 unspecified atom stereocenters. The molecule has 0 radical (unpaired) electrons. The van der Waals surface area contributed by atoms with E-state index in [4.69, 9.17) is 9.47 Å². The van der Waals surface area contributed by atoms with Gasteiger partial charge in [-0.05, 0) is 49.6 Å². The number of hydrogen-bond donors (Lipinski definition) is 2. The minimum atomic E-state index is 0.202. The fourth-order valence-electron chi connectivity index (χ4n) is 3.60. The van der Waals surface area contributed by atoms with Crippen molar-refractivity contribution >= 4 is 23.2 Å². The lowest BCUT2D eigenvalue weighted by Crippen LogP contribution is -2.41. The summed E-state index contributed by atoms with van der Waals surface area (Å²) in [6, 6.07) is 2.14. The first-order chi connectivity index (χ1) is 14.3. The molecule has 0 aliphatic carbocycles. The second-order valence-corrected chi connectivity index (χ2v) is 8.44. The van der Waals surface area contributed by atoms with Crippen LogP contribution in [0, 0.1) is 0 Å². The number of guanidine groups is 1. The fourth-order valence-corrected chi connectivity index (χ4v) is 4.49. The van der Waals surface area contributed by atoms with Gasteiger partial charge in [0.05, 0.1) is 12.7 Å². The normalized spacial score (nSPS) is 19.3. The van der Waals surface area contributed by atoms with Gasteiger partial charge in [0.1, 0.15) is 0 Å². The van der Waals surface area contributed by atoms with E-state index in [9.17, 15) is 4.79 Å². The molecule has 1 aromatic heterocycles. The second kappa shape index (κ2) is 12.1. The van der Waals surface area contributed by atoms with Crippen LogP contribution in [0.1, 0.15) is 43.0 Å². The van der Waals surface area contributed by atoms with Crippen molar-refractivity contribution in [2.45, 2.75) is 51.7 Å². The first kappa shape index (κ1) is 22.1. The fraction of sp³-hybridized carbons (Fsp3) is 0.714. The molecule has 0 aromatic carbocycles. The number of carbonyl (C=O) groups excluding carboxylic acids is 1. The number of thiophene rings is 1. The molecule has 8 heteroatoms. The van der Waals surface area contributed by atoms with Crippen molar-refractivity contribution in [2.24, 2.45) is 4.99 Å². The lowest BCUT2D eigenvalue weighted by Gasteiger charge is -2.27. The minimum Gasteiger partial charge on any atom is -0.379 e. The molecule has 2 N–H and O–H groups in total. The highest BCUT2D eigenvalue weighted by Gasteiger charge is 2.21. The number of amides is 1. The van der Waals surface area contributed by atoms with E-state index in [1.54, 1.807) is 11.3 Å². The Morgan fingerprint density at radius 2 is 2.38 bits per heavy atom. The maximum absolute atomic E-state index is 12.5. The SMILES string of the molecule is CCNC(=NCCCOCC1CCCO1)NCCC(=O)N1CCc2sccc2C1. The number of fused-ring (bicyclic) bond motifs is 1. The van der Waals surface area contributed by atoms with Crippen molar-refractivity contribution in [3.05, 3.63) is 21.9 Å². The van der Waals surface area contributed by atoms with Crippen molar-refractivity contribution in [2.75, 3.05) is 46.0 Å². The zero-order valence-electron chi connectivity index (χ0n) is 17.5. The van der Waals surface area contributed by atoms with Crippen LogP contribution in [0.25, 0.3) is 0 Å². The molecule has 7 nitrogen and oxygen atoms in total. The predicted octanol–water partition coefficient (Wildman–Crippen LogP) is 2.16. The number of aliphatic imine (C=N–C) groups is 1. The molecule has 3 heterocycles. The van der Waals surface area contributed by atoms with Crippen LogP contribution in [-0.4, -0.2) is 68.9 Å². The molecule has 0 bridgehead atoms. The summed E-state index contributed by atoms with van der Waals surface area (Å²) in [6.07, 6.45) is 4.86. The predicted molar refractivity (Wildman–Crippen MR) is 116 cm³/mol. The molecule has 29 heavy (non-hydrogen) atoms. The van der Waals surface area contributed by atoms with E-state index in [1.165, 1.54) is 10.4 Å². The van der Waals surface area contributed by atoms with E-state index in [0.29, 0.717) is 32.7 Å². The van der Waals surface area contributed by atoms with Crippen LogP contribution in [0.3, 0.4) is 0 Å². The molecule has 162 valence electrons. The Labute approximate surface area is 177 Å². The molecule has 1 saturated heterocycles. The summed E-state index contributed by atoms with van der Waals surface area (Å²) in [4.78, 5) is 20.5. The highest BCUT2D eigenvalue weighted by Crippen LogP contribution is 2.24. The third-order valence-corrected chi connectivity index (χ3v) is 6.20. The number of carbonyl (C=O) groups is 1. The van der Waals surface area contributed by atoms with E-state index in [2.05, 4.69) is 27.1 Å². The third kappa shape index (κ3) is 7.28. The highest BCUT2D eigenvalue weighted by atomic mass is 32.1. The lowest BCUT2D eigenvalue weighted by atomic mass is 10.1. The molecule has 1 atom stereocenters. The standard InChI is InChI=1S/C21H34N4O3S/c1-2-22-21(23-9-4-12-27-16-18-5-3-13-28-18)24-10-6-20(26)25-11-7-19-17(15-25)8-14-29-19/h8,14,18H,2-7,9-13,15-16H2,1H3,(H2,22,23,24). The summed E-state index contributed by atoms with van der Waals surface area (Å²) < 4.78 is 11.2. The Bertz CT molecular complexity index is 658. The number of nitrogens with zero attached hydrogens (tertiary/aromatic N) is 2. The molecule has 3 rings (SSSR count). The van der Waals surface area contributed by atoms with Gasteiger partial charge in [0.15, 0.2) is 5.96 Å². The molecule has 1 aromatic rings. The Hall–Kier alpha value is -1.64. The van der Waals surface area contributed by atoms with Gasteiger partial charge in [-0.15, -0.1) is 11.3 Å². The number of nitrogens with one attached hydrogen (secondary N) is 2. The summed E-state index contributed by atoms with van der Waals surface area (Å²) >= 11 is 1.80. The maximum atomic E-state index is 12.5. The average molecular weight is 423 g/mol. The Morgan fingerprint density at radius 3 is 3.21 bits per heavy atom. The monoisotopic (exact) mass is 422 g/mol. The minimum absolute atomic E-state index is 0.202. The van der Waals surface area contributed by atoms with Gasteiger partial charge >= 0.3 is 0 Å². The van der Waals surface area contributed by atoms with Gasteiger partial charge in [0, 0.05) is 57.2 Å². The molecule has 0 spiro atoms. The molecule has 2 aliphatic heterocycles. The van der Waals surface area contributed by atoms with Gasteiger partial charge in [0.25, 0.3) is 0 Å². The summed E-state index contributed by atoms with van der Waals surface area (Å²) in [5.74, 6) is 0.964. The Morgan fingerprint density at radius 1 is 1.45 bits per heavy atom. The van der Waals surface area contributed by atoms with E-state index in [1.807, 2.05) is 11.8 Å². The number of hydrogen-bond acceptors (Lipinski definition) is 5. The van der Waals surface area contributed by atoms with Crippen molar-refractivity contribution in [3.63, 3.8) is 0 Å². The maximum Gasteiger partial charge on any atom is 0.224 e. The molecular formula is C21H34N4O3S. The number of ether oxygens (including phenoxy) is 2. The molecule has 0 saturated carbocycles. The van der Waals surface area contributed by atoms with Gasteiger partial charge in [-0.1, -0.05) is 0 Å². The van der Waals surface area contributed by atoms with Crippen molar-refractivity contribution in [3.8, 4) is 0 Å². The zero-order valence-corrected chi connectivity index (χ0v) is 18.3. The van der Waals surface area contributed by atoms with E-state index >= 15 is 0 Å². The van der Waals surface area contributed by atoms with Crippen LogP contribution < -0.4 is 10.6 Å². The van der Waals surface area contributed by atoms with Crippen molar-refractivity contribution < 1.29 is 14.3 Å². The van der Waals surface area contributed by atoms with Crippen molar-refractivity contribution in [1.29, 1.82) is 0 Å². The third-order valence-electron chi connectivity index (χ3n) is 5.18. The van der Waals surface area contributed by atoms with Crippen LogP contribution in [0.4, 0.5) is 0 Å². The van der Waals surface area contributed by atoms with Crippen LogP contribution in [-0.2, 0) is 27.2 Å².